The van der Waals surface area contributed by atoms with Crippen molar-refractivity contribution >= 4 is 5.69 Å². The van der Waals surface area contributed by atoms with Crippen molar-refractivity contribution in [2.75, 3.05) is 64.6 Å². The van der Waals surface area contributed by atoms with Gasteiger partial charge in [-0.15, -0.1) is 0 Å². The van der Waals surface area contributed by atoms with Crippen LogP contribution in [0.25, 0.3) is 0 Å². The van der Waals surface area contributed by atoms with Crippen molar-refractivity contribution in [2.45, 2.75) is 37.8 Å². The fourth-order valence-corrected chi connectivity index (χ4v) is 5.54. The molecule has 2 aliphatic heterocycles. The van der Waals surface area contributed by atoms with Crippen molar-refractivity contribution in [1.29, 1.82) is 0 Å². The van der Waals surface area contributed by atoms with Crippen LogP contribution in [0, 0.1) is 11.6 Å². The number of methoxy groups -OCH3 is 1. The molecule has 0 aliphatic carbocycles. The summed E-state index contributed by atoms with van der Waals surface area (Å²) in [6, 6.07) is 17.2. The van der Waals surface area contributed by atoms with Gasteiger partial charge in [-0.2, -0.15) is 0 Å². The number of fused-ring (bicyclic) bond motifs is 1. The van der Waals surface area contributed by atoms with Crippen molar-refractivity contribution in [3.63, 3.8) is 0 Å². The molecule has 0 bridgehead atoms. The van der Waals surface area contributed by atoms with Gasteiger partial charge in [0.25, 0.3) is 0 Å². The van der Waals surface area contributed by atoms with Crippen LogP contribution in [0.2, 0.25) is 0 Å². The van der Waals surface area contributed by atoms with E-state index in [9.17, 15) is 13.9 Å². The van der Waals surface area contributed by atoms with Crippen LogP contribution in [0.15, 0.2) is 60.7 Å². The van der Waals surface area contributed by atoms with Crippen LogP contribution < -0.4 is 19.7 Å². The molecule has 0 aromatic heterocycles. The molecule has 2 aliphatic rings. The first-order valence-corrected chi connectivity index (χ1v) is 14.8. The molecule has 8 nitrogen and oxygen atoms in total. The Morgan fingerprint density at radius 2 is 1.79 bits per heavy atom. The van der Waals surface area contributed by atoms with Crippen molar-refractivity contribution in [1.82, 2.24) is 5.32 Å². The average molecular weight is 599 g/mol. The Morgan fingerprint density at radius 3 is 2.63 bits per heavy atom. The molecule has 43 heavy (non-hydrogen) atoms. The molecular formula is C33H40F2N2O6. The highest BCUT2D eigenvalue weighted by molar-refractivity contribution is 5.61. The highest BCUT2D eigenvalue weighted by Crippen LogP contribution is 2.34. The SMILES string of the molecule is COCCCN1CCOc2ccc(COC3CNCC(O)C3c3ccc(COCCOc4cc(F)ccc4F)cc3)cc21. The van der Waals surface area contributed by atoms with Gasteiger partial charge in [-0.05, 0) is 47.4 Å². The summed E-state index contributed by atoms with van der Waals surface area (Å²) < 4.78 is 55.4. The van der Waals surface area contributed by atoms with E-state index in [1.54, 1.807) is 7.11 Å². The quantitative estimate of drug-likeness (QED) is 0.264. The zero-order valence-corrected chi connectivity index (χ0v) is 24.5. The van der Waals surface area contributed by atoms with Gasteiger partial charge >= 0.3 is 0 Å². The molecule has 2 heterocycles. The van der Waals surface area contributed by atoms with E-state index in [1.807, 2.05) is 36.4 Å². The first-order valence-electron chi connectivity index (χ1n) is 14.8. The van der Waals surface area contributed by atoms with Gasteiger partial charge in [0.1, 0.15) is 24.8 Å². The van der Waals surface area contributed by atoms with Crippen LogP contribution in [0.5, 0.6) is 11.5 Å². The smallest absolute Gasteiger partial charge is 0.165 e. The van der Waals surface area contributed by atoms with E-state index in [0.717, 1.165) is 72.4 Å². The maximum Gasteiger partial charge on any atom is 0.165 e. The van der Waals surface area contributed by atoms with E-state index in [4.69, 9.17) is 23.7 Å². The minimum Gasteiger partial charge on any atom is -0.490 e. The van der Waals surface area contributed by atoms with Gasteiger partial charge in [-0.25, -0.2) is 8.78 Å². The van der Waals surface area contributed by atoms with Crippen molar-refractivity contribution < 1.29 is 37.6 Å². The largest absolute Gasteiger partial charge is 0.490 e. The summed E-state index contributed by atoms with van der Waals surface area (Å²) in [6.07, 6.45) is 0.145. The molecule has 0 amide bonds. The minimum absolute atomic E-state index is 0.0990. The van der Waals surface area contributed by atoms with Crippen molar-refractivity contribution in [2.24, 2.45) is 0 Å². The van der Waals surface area contributed by atoms with E-state index in [0.29, 0.717) is 32.9 Å². The molecular weight excluding hydrogens is 558 g/mol. The molecule has 1 fully saturated rings. The van der Waals surface area contributed by atoms with E-state index in [-0.39, 0.29) is 31.0 Å². The molecule has 2 N–H and O–H groups in total. The number of rotatable bonds is 14. The topological polar surface area (TPSA) is 81.7 Å². The number of piperidine rings is 1. The standard InChI is InChI=1S/C33H40F2N2O6/c1-39-13-2-11-37-12-14-41-30-10-5-24(17-28(30)37)22-43-32-20-36-19-29(38)33(32)25-6-3-23(4-7-25)21-40-15-16-42-31-18-26(34)8-9-27(31)35/h3-10,17-18,29,32-33,36,38H,2,11-16,19-22H2,1H3. The van der Waals surface area contributed by atoms with Gasteiger partial charge in [0, 0.05) is 45.3 Å². The number of aliphatic hydroxyl groups excluding tert-OH is 1. The predicted octanol–water partition coefficient (Wildman–Crippen LogP) is 4.43. The maximum absolute atomic E-state index is 13.7. The van der Waals surface area contributed by atoms with Crippen LogP contribution in [-0.2, 0) is 27.4 Å². The zero-order valence-electron chi connectivity index (χ0n) is 24.5. The fourth-order valence-electron chi connectivity index (χ4n) is 5.54. The van der Waals surface area contributed by atoms with Crippen LogP contribution in [0.1, 0.15) is 29.0 Å². The lowest BCUT2D eigenvalue weighted by atomic mass is 9.85. The number of nitrogens with one attached hydrogen (secondary N) is 1. The molecule has 0 radical (unpaired) electrons. The minimum atomic E-state index is -0.614. The monoisotopic (exact) mass is 598 g/mol. The van der Waals surface area contributed by atoms with Gasteiger partial charge in [0.2, 0.25) is 0 Å². The lowest BCUT2D eigenvalue weighted by molar-refractivity contribution is -0.0328. The summed E-state index contributed by atoms with van der Waals surface area (Å²) in [5.41, 5.74) is 4.08. The van der Waals surface area contributed by atoms with Crippen LogP contribution in [-0.4, -0.2) is 77.0 Å². The third kappa shape index (κ3) is 8.43. The lowest BCUT2D eigenvalue weighted by Gasteiger charge is -2.36. The Bertz CT molecular complexity index is 1310. The number of hydrogen-bond donors (Lipinski definition) is 2. The Morgan fingerprint density at radius 1 is 0.953 bits per heavy atom. The number of β-amino-alcohol motifs (C(OH)–C–C–N with tert-alkyl or cyclic N) is 1. The first kappa shape index (κ1) is 31.2. The molecule has 0 saturated carbocycles. The van der Waals surface area contributed by atoms with E-state index >= 15 is 0 Å². The second-order valence-corrected chi connectivity index (χ2v) is 10.8. The number of hydrogen-bond acceptors (Lipinski definition) is 8. The highest BCUT2D eigenvalue weighted by Gasteiger charge is 2.34. The van der Waals surface area contributed by atoms with Crippen molar-refractivity contribution in [3.05, 3.63) is 89.0 Å². The molecule has 232 valence electrons. The normalized spacial score (nSPS) is 20.0. The van der Waals surface area contributed by atoms with Gasteiger partial charge in [-0.1, -0.05) is 30.3 Å². The van der Waals surface area contributed by atoms with Gasteiger partial charge in [0.05, 0.1) is 44.3 Å². The highest BCUT2D eigenvalue weighted by atomic mass is 19.1. The summed E-state index contributed by atoms with van der Waals surface area (Å²) in [5.74, 6) is -0.601. The molecule has 10 heteroatoms. The summed E-state index contributed by atoms with van der Waals surface area (Å²) >= 11 is 0. The van der Waals surface area contributed by atoms with Crippen LogP contribution in [0.4, 0.5) is 14.5 Å². The molecule has 3 aromatic carbocycles. The second-order valence-electron chi connectivity index (χ2n) is 10.8. The first-order chi connectivity index (χ1) is 21.0. The number of aliphatic hydroxyl groups is 1. The number of benzene rings is 3. The molecule has 3 unspecified atom stereocenters. The number of nitrogens with zero attached hydrogens (tertiary/aromatic N) is 1. The van der Waals surface area contributed by atoms with Crippen molar-refractivity contribution in [3.8, 4) is 11.5 Å². The maximum atomic E-state index is 13.7. The average Bonchev–Trinajstić information content (AvgIpc) is 3.02. The lowest BCUT2D eigenvalue weighted by Crippen LogP contribution is -2.49. The molecule has 1 saturated heterocycles. The van der Waals surface area contributed by atoms with Gasteiger partial charge in [-0.3, -0.25) is 0 Å². The van der Waals surface area contributed by atoms with E-state index in [1.165, 1.54) is 0 Å². The predicted molar refractivity (Wildman–Crippen MR) is 159 cm³/mol. The Kier molecular flexibility index (Phi) is 11.2. The number of halogens is 2. The summed E-state index contributed by atoms with van der Waals surface area (Å²) in [7, 11) is 1.72. The Hall–Kier alpha value is -3.28. The third-order valence-electron chi connectivity index (χ3n) is 7.75. The second kappa shape index (κ2) is 15.4. The Labute approximate surface area is 251 Å². The van der Waals surface area contributed by atoms with Gasteiger partial charge < -0.3 is 39.0 Å². The zero-order chi connectivity index (χ0) is 30.0. The van der Waals surface area contributed by atoms with Gasteiger partial charge in [0.15, 0.2) is 11.6 Å². The van der Waals surface area contributed by atoms with Crippen LogP contribution in [0.3, 0.4) is 0 Å². The Balaban J connectivity index is 1.14. The third-order valence-corrected chi connectivity index (χ3v) is 7.75. The molecule has 3 aromatic rings. The summed E-state index contributed by atoms with van der Waals surface area (Å²) in [6.45, 7) is 5.34. The molecule has 0 spiro atoms. The van der Waals surface area contributed by atoms with Crippen LogP contribution >= 0.6 is 0 Å². The summed E-state index contributed by atoms with van der Waals surface area (Å²) in [4.78, 5) is 2.33. The molecule has 3 atom stereocenters. The summed E-state index contributed by atoms with van der Waals surface area (Å²) in [5, 5.41) is 14.2. The number of anilines is 1. The number of ether oxygens (including phenoxy) is 5. The molecule has 5 rings (SSSR count). The van der Waals surface area contributed by atoms with E-state index in [2.05, 4.69) is 16.3 Å². The van der Waals surface area contributed by atoms with E-state index < -0.39 is 17.7 Å². The fraction of sp³-hybridized carbons (Fsp3) is 0.455.